The van der Waals surface area contributed by atoms with Gasteiger partial charge in [0.05, 0.1) is 16.1 Å². The molecule has 0 aromatic heterocycles. The molecule has 3 rings (SSSR count). The van der Waals surface area contributed by atoms with Crippen LogP contribution < -0.4 is 10.4 Å². The maximum absolute atomic E-state index is 2.46. The van der Waals surface area contributed by atoms with Gasteiger partial charge in [-0.25, -0.2) is 0 Å². The minimum absolute atomic E-state index is 1.33. The van der Waals surface area contributed by atoms with E-state index in [1.807, 2.05) is 0 Å². The summed E-state index contributed by atoms with van der Waals surface area (Å²) in [7, 11) is -2.67. The van der Waals surface area contributed by atoms with Gasteiger partial charge in [0.15, 0.2) is 0 Å². The molecule has 1 aliphatic carbocycles. The summed E-state index contributed by atoms with van der Waals surface area (Å²) in [5, 5.41) is 3.22. The Morgan fingerprint density at radius 3 is 1.86 bits per heavy atom. The van der Waals surface area contributed by atoms with Crippen LogP contribution in [-0.2, 0) is 0 Å². The molecule has 0 saturated carbocycles. The standard InChI is InChI=1S/C19H25Si2/c1-20(2,3)17-11-12-18(21(4,5)6)19-15-10-8-7-9-14(15)13-16(17)19/h7-13H,1-6H3. The van der Waals surface area contributed by atoms with Gasteiger partial charge in [0.25, 0.3) is 0 Å². The van der Waals surface area contributed by atoms with Gasteiger partial charge in [-0.15, -0.1) is 0 Å². The minimum atomic E-state index is -1.35. The Labute approximate surface area is 131 Å². The van der Waals surface area contributed by atoms with E-state index in [4.69, 9.17) is 0 Å². The van der Waals surface area contributed by atoms with Crippen LogP contribution in [0.2, 0.25) is 39.3 Å². The molecule has 0 spiro atoms. The quantitative estimate of drug-likeness (QED) is 0.617. The summed E-state index contributed by atoms with van der Waals surface area (Å²) in [4.78, 5) is 0. The summed E-state index contributed by atoms with van der Waals surface area (Å²) < 4.78 is 0. The molecule has 1 radical (unpaired) electrons. The van der Waals surface area contributed by atoms with Crippen molar-refractivity contribution < 1.29 is 0 Å². The molecule has 0 aliphatic heterocycles. The van der Waals surface area contributed by atoms with E-state index in [-0.39, 0.29) is 0 Å². The van der Waals surface area contributed by atoms with E-state index in [1.165, 1.54) is 16.7 Å². The molecule has 0 saturated heterocycles. The van der Waals surface area contributed by atoms with Gasteiger partial charge in [-0.3, -0.25) is 0 Å². The van der Waals surface area contributed by atoms with Crippen molar-refractivity contribution in [1.29, 1.82) is 0 Å². The van der Waals surface area contributed by atoms with Gasteiger partial charge in [0, 0.05) is 6.42 Å². The predicted octanol–water partition coefficient (Wildman–Crippen LogP) is 4.36. The van der Waals surface area contributed by atoms with Gasteiger partial charge in [-0.2, -0.15) is 0 Å². The van der Waals surface area contributed by atoms with Crippen LogP contribution in [0.4, 0.5) is 0 Å². The van der Waals surface area contributed by atoms with Crippen LogP contribution >= 0.6 is 0 Å². The molecular weight excluding hydrogens is 284 g/mol. The fourth-order valence-corrected chi connectivity index (χ4v) is 6.54. The van der Waals surface area contributed by atoms with Crippen LogP contribution in [0.3, 0.4) is 0 Å². The zero-order chi connectivity index (χ0) is 15.4. The Morgan fingerprint density at radius 2 is 1.24 bits per heavy atom. The third-order valence-corrected chi connectivity index (χ3v) is 8.48. The summed E-state index contributed by atoms with van der Waals surface area (Å²) in [6.07, 6.45) is 2.43. The molecule has 0 atom stereocenters. The Bertz CT molecular complexity index is 700. The fourth-order valence-electron chi connectivity index (χ4n) is 3.34. The average Bonchev–Trinajstić information content (AvgIpc) is 2.74. The Kier molecular flexibility index (Phi) is 3.30. The molecule has 2 heteroatoms. The fraction of sp³-hybridized carbons (Fsp3) is 0.316. The first-order valence-corrected chi connectivity index (χ1v) is 14.8. The summed E-state index contributed by atoms with van der Waals surface area (Å²) in [5.41, 5.74) is 5.92. The lowest BCUT2D eigenvalue weighted by Gasteiger charge is -2.26. The largest absolute Gasteiger partial charge is 0.0784 e. The summed E-state index contributed by atoms with van der Waals surface area (Å²) in [6, 6.07) is 13.8. The van der Waals surface area contributed by atoms with Crippen molar-refractivity contribution in [3.05, 3.63) is 53.9 Å². The lowest BCUT2D eigenvalue weighted by molar-refractivity contribution is 1.55. The van der Waals surface area contributed by atoms with Crippen molar-refractivity contribution in [1.82, 2.24) is 0 Å². The summed E-state index contributed by atoms with van der Waals surface area (Å²) in [5.74, 6) is 0. The van der Waals surface area contributed by atoms with Gasteiger partial charge < -0.3 is 0 Å². The normalized spacial score (nSPS) is 14.0. The SMILES string of the molecule is C[Si](C)(C)c1ccc([Si](C)(C)C)c2c1[CH]c1ccccc1-2. The number of hydrogen-bond donors (Lipinski definition) is 0. The van der Waals surface area contributed by atoms with Crippen molar-refractivity contribution >= 4 is 26.5 Å². The third kappa shape index (κ3) is 2.45. The van der Waals surface area contributed by atoms with Gasteiger partial charge >= 0.3 is 0 Å². The van der Waals surface area contributed by atoms with Crippen LogP contribution in [0.1, 0.15) is 11.1 Å². The number of benzene rings is 2. The summed E-state index contributed by atoms with van der Waals surface area (Å²) >= 11 is 0. The Balaban J connectivity index is 2.35. The molecule has 2 aromatic carbocycles. The molecule has 0 amide bonds. The maximum atomic E-state index is 2.46. The van der Waals surface area contributed by atoms with Gasteiger partial charge in [0.1, 0.15) is 0 Å². The van der Waals surface area contributed by atoms with E-state index in [9.17, 15) is 0 Å². The van der Waals surface area contributed by atoms with Crippen molar-refractivity contribution in [3.63, 3.8) is 0 Å². The highest BCUT2D eigenvalue weighted by atomic mass is 28.3. The first kappa shape index (κ1) is 14.8. The monoisotopic (exact) mass is 309 g/mol. The second kappa shape index (κ2) is 4.69. The molecular formula is C19H25Si2. The molecule has 0 nitrogen and oxygen atoms in total. The minimum Gasteiger partial charge on any atom is -0.0656 e. The second-order valence-electron chi connectivity index (χ2n) is 8.18. The lowest BCUT2D eigenvalue weighted by Crippen LogP contribution is -2.45. The smallest absolute Gasteiger partial charge is 0.0656 e. The van der Waals surface area contributed by atoms with E-state index < -0.39 is 16.1 Å². The van der Waals surface area contributed by atoms with Gasteiger partial charge in [-0.05, 0) is 22.3 Å². The number of fused-ring (bicyclic) bond motifs is 3. The van der Waals surface area contributed by atoms with Crippen LogP contribution in [0, 0.1) is 6.42 Å². The lowest BCUT2D eigenvalue weighted by atomic mass is 10.1. The topological polar surface area (TPSA) is 0 Å². The maximum Gasteiger partial charge on any atom is 0.0784 e. The van der Waals surface area contributed by atoms with E-state index in [0.29, 0.717) is 0 Å². The first-order valence-electron chi connectivity index (χ1n) is 7.82. The van der Waals surface area contributed by atoms with Crippen molar-refractivity contribution in [3.8, 4) is 11.1 Å². The van der Waals surface area contributed by atoms with Gasteiger partial charge in [0.2, 0.25) is 0 Å². The second-order valence-corrected chi connectivity index (χ2v) is 18.3. The highest BCUT2D eigenvalue weighted by Gasteiger charge is 2.32. The van der Waals surface area contributed by atoms with Crippen LogP contribution in [0.25, 0.3) is 11.1 Å². The van der Waals surface area contributed by atoms with Crippen molar-refractivity contribution in [2.24, 2.45) is 0 Å². The Hall–Kier alpha value is -1.13. The van der Waals surface area contributed by atoms with E-state index >= 15 is 0 Å². The predicted molar refractivity (Wildman–Crippen MR) is 100 cm³/mol. The average molecular weight is 310 g/mol. The summed E-state index contributed by atoms with van der Waals surface area (Å²) in [6.45, 7) is 14.7. The van der Waals surface area contributed by atoms with Crippen LogP contribution in [0.15, 0.2) is 36.4 Å². The van der Waals surface area contributed by atoms with Crippen molar-refractivity contribution in [2.75, 3.05) is 0 Å². The Morgan fingerprint density at radius 1 is 0.667 bits per heavy atom. The zero-order valence-electron chi connectivity index (χ0n) is 14.0. The van der Waals surface area contributed by atoms with Crippen molar-refractivity contribution in [2.45, 2.75) is 39.3 Å². The molecule has 21 heavy (non-hydrogen) atoms. The molecule has 109 valence electrons. The molecule has 2 aromatic rings. The molecule has 0 bridgehead atoms. The van der Waals surface area contributed by atoms with Crippen LogP contribution in [-0.4, -0.2) is 16.1 Å². The molecule has 0 unspecified atom stereocenters. The van der Waals surface area contributed by atoms with E-state index in [0.717, 1.165) is 0 Å². The van der Waals surface area contributed by atoms with E-state index in [1.54, 1.807) is 15.9 Å². The molecule has 0 N–H and O–H groups in total. The molecule has 0 fully saturated rings. The van der Waals surface area contributed by atoms with E-state index in [2.05, 4.69) is 82.1 Å². The van der Waals surface area contributed by atoms with Gasteiger partial charge in [-0.1, -0.05) is 86.1 Å². The zero-order valence-corrected chi connectivity index (χ0v) is 16.0. The molecule has 0 heterocycles. The first-order chi connectivity index (χ1) is 9.69. The third-order valence-electron chi connectivity index (χ3n) is 4.39. The number of rotatable bonds is 2. The van der Waals surface area contributed by atoms with Crippen LogP contribution in [0.5, 0.6) is 0 Å². The molecule has 1 aliphatic rings. The number of hydrogen-bond acceptors (Lipinski definition) is 0. The highest BCUT2D eigenvalue weighted by Crippen LogP contribution is 2.37. The highest BCUT2D eigenvalue weighted by molar-refractivity contribution is 6.91.